The van der Waals surface area contributed by atoms with Gasteiger partial charge >= 0.3 is 5.97 Å². The molecule has 4 rings (SSSR count). The molecule has 1 aliphatic carbocycles. The molecular formula is C19H21F2N3O4. The largest absolute Gasteiger partial charge is 0.477 e. The lowest BCUT2D eigenvalue weighted by Gasteiger charge is -2.26. The highest BCUT2D eigenvalue weighted by Gasteiger charge is 2.34. The average molecular weight is 393 g/mol. The molecule has 1 saturated carbocycles. The molecule has 0 spiro atoms. The lowest BCUT2D eigenvalue weighted by Crippen LogP contribution is -2.28. The Kier molecular flexibility index (Phi) is 4.49. The van der Waals surface area contributed by atoms with Gasteiger partial charge in [0.25, 0.3) is 0 Å². The summed E-state index contributed by atoms with van der Waals surface area (Å²) in [7, 11) is 0. The van der Waals surface area contributed by atoms with Crippen LogP contribution in [0.5, 0.6) is 5.75 Å². The molecule has 2 aliphatic rings. The molecule has 1 aromatic carbocycles. The van der Waals surface area contributed by atoms with Gasteiger partial charge in [0.2, 0.25) is 12.3 Å². The van der Waals surface area contributed by atoms with Gasteiger partial charge in [0.15, 0.2) is 11.6 Å². The molecule has 2 fully saturated rings. The normalized spacial score (nSPS) is 19.4. The van der Waals surface area contributed by atoms with Crippen LogP contribution >= 0.6 is 0 Å². The summed E-state index contributed by atoms with van der Waals surface area (Å²) in [4.78, 5) is 26.1. The second kappa shape index (κ2) is 6.73. The van der Waals surface area contributed by atoms with E-state index in [4.69, 9.17) is 10.5 Å². The van der Waals surface area contributed by atoms with Crippen LogP contribution < -0.4 is 20.8 Å². The van der Waals surface area contributed by atoms with E-state index in [1.54, 1.807) is 9.47 Å². The zero-order valence-corrected chi connectivity index (χ0v) is 15.4. The molecule has 0 bridgehead atoms. The Labute approximate surface area is 159 Å². The van der Waals surface area contributed by atoms with E-state index in [1.165, 1.54) is 13.1 Å². The number of aryl methyl sites for hydroxylation is 1. The minimum Gasteiger partial charge on any atom is -0.477 e. The van der Waals surface area contributed by atoms with E-state index < -0.39 is 29.6 Å². The predicted octanol–water partition coefficient (Wildman–Crippen LogP) is 2.33. The first-order chi connectivity index (χ1) is 13.3. The summed E-state index contributed by atoms with van der Waals surface area (Å²) in [6, 6.07) is -0.185. The molecule has 0 amide bonds. The van der Waals surface area contributed by atoms with Crippen molar-refractivity contribution < 1.29 is 23.4 Å². The summed E-state index contributed by atoms with van der Waals surface area (Å²) >= 11 is 0. The number of aromatic carboxylic acids is 1. The fourth-order valence-electron chi connectivity index (χ4n) is 3.97. The highest BCUT2D eigenvalue weighted by Crippen LogP contribution is 2.45. The summed E-state index contributed by atoms with van der Waals surface area (Å²) in [6.07, 6.45) is 3.48. The first-order valence-corrected chi connectivity index (χ1v) is 9.18. The number of hydrogen-bond acceptors (Lipinski definition) is 5. The van der Waals surface area contributed by atoms with Gasteiger partial charge in [-0.15, -0.1) is 0 Å². The molecule has 2 aromatic rings. The van der Waals surface area contributed by atoms with Crippen molar-refractivity contribution in [2.75, 3.05) is 24.9 Å². The summed E-state index contributed by atoms with van der Waals surface area (Å²) in [5.74, 6) is -2.17. The number of aromatic nitrogens is 1. The molecule has 28 heavy (non-hydrogen) atoms. The fourth-order valence-corrected chi connectivity index (χ4v) is 3.97. The molecule has 7 nitrogen and oxygen atoms in total. The number of carboxylic acids is 1. The Morgan fingerprint density at radius 1 is 1.39 bits per heavy atom. The van der Waals surface area contributed by atoms with Crippen molar-refractivity contribution in [2.45, 2.75) is 38.3 Å². The van der Waals surface area contributed by atoms with E-state index >= 15 is 4.39 Å². The molecular weight excluding hydrogens is 372 g/mol. The number of pyridine rings is 1. The minimum atomic E-state index is -1.39. The number of halogens is 2. The van der Waals surface area contributed by atoms with Gasteiger partial charge in [0, 0.05) is 36.9 Å². The third-order valence-electron chi connectivity index (χ3n) is 5.49. The van der Waals surface area contributed by atoms with Crippen LogP contribution in [0.4, 0.5) is 14.5 Å². The first-order valence-electron chi connectivity index (χ1n) is 9.18. The number of anilines is 1. The molecule has 1 saturated heterocycles. The zero-order chi connectivity index (χ0) is 20.2. The standard InChI is InChI=1S/C19H21F2N3O4/c1-9-13-15(24(11-2-3-11)7-12(17(13)25)19(26)27)18(28-8-20)16(14(9)21)23-5-4-10(22)6-23/h7,10-11H,2-6,8,22H2,1H3,(H,26,27)/t10-/m0/s1. The number of fused-ring (bicyclic) bond motifs is 1. The van der Waals surface area contributed by atoms with E-state index in [2.05, 4.69) is 0 Å². The number of alkyl halides is 1. The van der Waals surface area contributed by atoms with E-state index in [1.807, 2.05) is 0 Å². The van der Waals surface area contributed by atoms with Crippen LogP contribution in [-0.2, 0) is 0 Å². The quantitative estimate of drug-likeness (QED) is 0.809. The van der Waals surface area contributed by atoms with Crippen LogP contribution in [0.15, 0.2) is 11.0 Å². The van der Waals surface area contributed by atoms with Crippen molar-refractivity contribution in [3.8, 4) is 5.75 Å². The molecule has 2 heterocycles. The SMILES string of the molecule is Cc1c(F)c(N2CC[C@H](N)C2)c(OCF)c2c1c(=O)c(C(=O)O)cn2C1CC1. The fraction of sp³-hybridized carbons (Fsp3) is 0.474. The van der Waals surface area contributed by atoms with E-state index in [0.29, 0.717) is 19.5 Å². The van der Waals surface area contributed by atoms with Gasteiger partial charge in [-0.25, -0.2) is 13.6 Å². The number of carbonyl (C=O) groups is 1. The maximum atomic E-state index is 15.4. The van der Waals surface area contributed by atoms with Gasteiger partial charge < -0.3 is 25.0 Å². The van der Waals surface area contributed by atoms with E-state index in [9.17, 15) is 19.1 Å². The lowest BCUT2D eigenvalue weighted by atomic mass is 10.0. The monoisotopic (exact) mass is 393 g/mol. The van der Waals surface area contributed by atoms with Crippen LogP contribution in [0, 0.1) is 12.7 Å². The molecule has 9 heteroatoms. The van der Waals surface area contributed by atoms with Crippen LogP contribution in [0.3, 0.4) is 0 Å². The van der Waals surface area contributed by atoms with Crippen LogP contribution in [0.25, 0.3) is 10.9 Å². The minimum absolute atomic E-state index is 0.0270. The number of nitrogens with two attached hydrogens (primary N) is 1. The van der Waals surface area contributed by atoms with Crippen molar-refractivity contribution in [3.05, 3.63) is 33.4 Å². The van der Waals surface area contributed by atoms with Crippen molar-refractivity contribution in [3.63, 3.8) is 0 Å². The summed E-state index contributed by atoms with van der Waals surface area (Å²) < 4.78 is 35.5. The third-order valence-corrected chi connectivity index (χ3v) is 5.49. The number of carboxylic acid groups (broad SMARTS) is 1. The molecule has 3 N–H and O–H groups in total. The van der Waals surface area contributed by atoms with Crippen LogP contribution in [0.1, 0.15) is 41.2 Å². The number of nitrogens with zero attached hydrogens (tertiary/aromatic N) is 2. The van der Waals surface area contributed by atoms with E-state index in [0.717, 1.165) is 12.8 Å². The Hall–Kier alpha value is -2.68. The summed E-state index contributed by atoms with van der Waals surface area (Å²) in [5, 5.41) is 9.34. The Morgan fingerprint density at radius 3 is 2.64 bits per heavy atom. The maximum absolute atomic E-state index is 15.4. The van der Waals surface area contributed by atoms with Crippen molar-refractivity contribution in [2.24, 2.45) is 5.73 Å². The third kappa shape index (κ3) is 2.81. The number of benzene rings is 1. The van der Waals surface area contributed by atoms with Gasteiger partial charge in [0.05, 0.1) is 10.9 Å². The highest BCUT2D eigenvalue weighted by atomic mass is 19.1. The zero-order valence-electron chi connectivity index (χ0n) is 15.4. The Morgan fingerprint density at radius 2 is 2.11 bits per heavy atom. The average Bonchev–Trinajstić information content (AvgIpc) is 3.40. The number of ether oxygens (including phenoxy) is 1. The number of rotatable bonds is 5. The van der Waals surface area contributed by atoms with Crippen molar-refractivity contribution in [1.29, 1.82) is 0 Å². The van der Waals surface area contributed by atoms with Gasteiger partial charge in [-0.1, -0.05) is 0 Å². The molecule has 1 atom stereocenters. The Balaban J connectivity index is 2.13. The lowest BCUT2D eigenvalue weighted by molar-refractivity contribution is 0.0694. The predicted molar refractivity (Wildman–Crippen MR) is 99.5 cm³/mol. The smallest absolute Gasteiger partial charge is 0.341 e. The van der Waals surface area contributed by atoms with E-state index in [-0.39, 0.29) is 40.0 Å². The second-order valence-electron chi connectivity index (χ2n) is 7.40. The molecule has 1 aliphatic heterocycles. The molecule has 1 aromatic heterocycles. The van der Waals surface area contributed by atoms with Crippen LogP contribution in [-0.4, -0.2) is 41.6 Å². The highest BCUT2D eigenvalue weighted by molar-refractivity contribution is 5.99. The van der Waals surface area contributed by atoms with Crippen molar-refractivity contribution in [1.82, 2.24) is 4.57 Å². The first kappa shape index (κ1) is 18.7. The van der Waals surface area contributed by atoms with Crippen molar-refractivity contribution >= 4 is 22.6 Å². The second-order valence-corrected chi connectivity index (χ2v) is 7.40. The Bertz CT molecular complexity index is 1030. The van der Waals surface area contributed by atoms with Gasteiger partial charge in [-0.3, -0.25) is 4.79 Å². The summed E-state index contributed by atoms with van der Waals surface area (Å²) in [5.41, 5.74) is 5.05. The number of hydrogen-bond donors (Lipinski definition) is 2. The molecule has 0 unspecified atom stereocenters. The maximum Gasteiger partial charge on any atom is 0.341 e. The van der Waals surface area contributed by atoms with Crippen LogP contribution in [0.2, 0.25) is 0 Å². The van der Waals surface area contributed by atoms with Gasteiger partial charge in [-0.2, -0.15) is 0 Å². The topological polar surface area (TPSA) is 97.8 Å². The van der Waals surface area contributed by atoms with Gasteiger partial charge in [-0.05, 0) is 26.2 Å². The van der Waals surface area contributed by atoms with Gasteiger partial charge in [0.1, 0.15) is 11.3 Å². The summed E-state index contributed by atoms with van der Waals surface area (Å²) in [6.45, 7) is 1.09. The molecule has 150 valence electrons. The molecule has 0 radical (unpaired) electrons.